The fourth-order valence-electron chi connectivity index (χ4n) is 4.57. The number of rotatable bonds is 8. The Kier molecular flexibility index (Phi) is 7.08. The van der Waals surface area contributed by atoms with Crippen molar-refractivity contribution in [3.05, 3.63) is 65.1 Å². The topological polar surface area (TPSA) is 95.1 Å². The molecule has 0 radical (unpaired) electrons. The number of aryl methyl sites for hydroxylation is 3. The highest BCUT2D eigenvalue weighted by molar-refractivity contribution is 5.99. The molecule has 1 aliphatic carbocycles. The van der Waals surface area contributed by atoms with Gasteiger partial charge in [0.2, 0.25) is 0 Å². The van der Waals surface area contributed by atoms with E-state index < -0.39 is 0 Å². The molecule has 0 unspecified atom stereocenters. The molecule has 1 saturated carbocycles. The van der Waals surface area contributed by atoms with Crippen LogP contribution in [0.15, 0.2) is 42.9 Å². The van der Waals surface area contributed by atoms with Crippen LogP contribution >= 0.6 is 0 Å². The lowest BCUT2D eigenvalue weighted by Crippen LogP contribution is -2.41. The van der Waals surface area contributed by atoms with Gasteiger partial charge in [0.05, 0.1) is 30.5 Å². The van der Waals surface area contributed by atoms with Gasteiger partial charge in [0.15, 0.2) is 0 Å². The first-order valence-corrected chi connectivity index (χ1v) is 11.8. The number of anilines is 1. The number of nitrogens with two attached hydrogens (primary N) is 1. The summed E-state index contributed by atoms with van der Waals surface area (Å²) in [6.07, 6.45) is 10.2. The van der Waals surface area contributed by atoms with Crippen LogP contribution in [0.1, 0.15) is 60.2 Å². The Balaban J connectivity index is 1.42. The van der Waals surface area contributed by atoms with Gasteiger partial charge in [-0.15, -0.1) is 0 Å². The molecule has 3 aromatic rings. The summed E-state index contributed by atoms with van der Waals surface area (Å²) < 4.78 is 7.98. The van der Waals surface area contributed by atoms with Gasteiger partial charge < -0.3 is 15.8 Å². The van der Waals surface area contributed by atoms with Gasteiger partial charge in [-0.3, -0.25) is 9.48 Å². The average Bonchev–Trinajstić information content (AvgIpc) is 3.46. The van der Waals surface area contributed by atoms with Crippen LogP contribution in [-0.2, 0) is 31.2 Å². The Morgan fingerprint density at radius 2 is 1.97 bits per heavy atom. The van der Waals surface area contributed by atoms with E-state index in [1.165, 1.54) is 16.7 Å². The number of nitrogens with one attached hydrogen (secondary N) is 1. The van der Waals surface area contributed by atoms with E-state index in [-0.39, 0.29) is 23.9 Å². The van der Waals surface area contributed by atoms with Crippen molar-refractivity contribution in [3.8, 4) is 11.1 Å². The number of amides is 1. The maximum absolute atomic E-state index is 13.1. The van der Waals surface area contributed by atoms with Crippen LogP contribution in [0.2, 0.25) is 0 Å². The van der Waals surface area contributed by atoms with Crippen molar-refractivity contribution in [1.29, 1.82) is 0 Å². The van der Waals surface area contributed by atoms with E-state index >= 15 is 0 Å². The molecule has 1 amide bonds. The van der Waals surface area contributed by atoms with E-state index in [0.29, 0.717) is 12.2 Å². The van der Waals surface area contributed by atoms with Crippen molar-refractivity contribution in [3.63, 3.8) is 0 Å². The third kappa shape index (κ3) is 5.25. The van der Waals surface area contributed by atoms with Gasteiger partial charge in [-0.05, 0) is 54.9 Å². The lowest BCUT2D eigenvalue weighted by atomic mass is 10.0. The van der Waals surface area contributed by atoms with Crippen LogP contribution in [0.4, 0.5) is 5.82 Å². The smallest absolute Gasteiger partial charge is 0.255 e. The fraction of sp³-hybridized carbons (Fsp3) is 0.423. The zero-order chi connectivity index (χ0) is 23.4. The summed E-state index contributed by atoms with van der Waals surface area (Å²) in [7, 11) is 1.85. The molecule has 2 aromatic heterocycles. The lowest BCUT2D eigenvalue weighted by molar-refractivity contribution is 0.0272. The predicted octanol–water partition coefficient (Wildman–Crippen LogP) is 4.06. The summed E-state index contributed by atoms with van der Waals surface area (Å²) in [4.78, 5) is 17.3. The maximum atomic E-state index is 13.1. The number of aromatic nitrogens is 3. The molecule has 0 bridgehead atoms. The second-order valence-electron chi connectivity index (χ2n) is 8.73. The van der Waals surface area contributed by atoms with Crippen molar-refractivity contribution in [2.75, 3.05) is 5.73 Å². The molecule has 33 heavy (non-hydrogen) atoms. The molecular formula is C26H33N5O2. The van der Waals surface area contributed by atoms with Gasteiger partial charge >= 0.3 is 0 Å². The van der Waals surface area contributed by atoms with Crippen molar-refractivity contribution < 1.29 is 9.53 Å². The van der Waals surface area contributed by atoms with Crippen molar-refractivity contribution >= 4 is 11.7 Å². The molecule has 0 spiro atoms. The van der Waals surface area contributed by atoms with Crippen LogP contribution in [0.25, 0.3) is 11.1 Å². The molecule has 2 heterocycles. The SMILES string of the molecule is CCc1ccc(CO[C@H]2CCC[C@@H]2NC(=O)c2cc(-c3cnn(C)c3)cnc2N)cc1CC. The van der Waals surface area contributed by atoms with E-state index in [9.17, 15) is 4.79 Å². The normalized spacial score (nSPS) is 17.9. The molecular weight excluding hydrogens is 414 g/mol. The molecule has 174 valence electrons. The summed E-state index contributed by atoms with van der Waals surface area (Å²) in [5, 5.41) is 7.33. The number of nitrogens with zero attached hydrogens (tertiary/aromatic N) is 3. The number of nitrogen functional groups attached to an aromatic ring is 1. The zero-order valence-corrected chi connectivity index (χ0v) is 19.7. The minimum absolute atomic E-state index is 0.0134. The first-order valence-electron chi connectivity index (χ1n) is 11.8. The summed E-state index contributed by atoms with van der Waals surface area (Å²) in [6.45, 7) is 4.92. The van der Waals surface area contributed by atoms with Crippen molar-refractivity contribution in [2.24, 2.45) is 7.05 Å². The first-order chi connectivity index (χ1) is 16.0. The number of carbonyl (C=O) groups is 1. The average molecular weight is 448 g/mol. The highest BCUT2D eigenvalue weighted by Gasteiger charge is 2.30. The minimum atomic E-state index is -0.216. The van der Waals surface area contributed by atoms with Crippen LogP contribution in [-0.4, -0.2) is 32.8 Å². The molecule has 3 N–H and O–H groups in total. The molecule has 4 rings (SSSR count). The van der Waals surface area contributed by atoms with Crippen LogP contribution in [0, 0.1) is 0 Å². The number of pyridine rings is 1. The van der Waals surface area contributed by atoms with Crippen LogP contribution in [0.5, 0.6) is 0 Å². The third-order valence-electron chi connectivity index (χ3n) is 6.47. The number of benzene rings is 1. The number of ether oxygens (including phenoxy) is 1. The summed E-state index contributed by atoms with van der Waals surface area (Å²) in [6, 6.07) is 8.34. The Labute approximate surface area is 195 Å². The van der Waals surface area contributed by atoms with Gasteiger partial charge in [-0.2, -0.15) is 5.10 Å². The molecule has 1 aromatic carbocycles. The van der Waals surface area contributed by atoms with E-state index in [4.69, 9.17) is 10.5 Å². The largest absolute Gasteiger partial charge is 0.383 e. The summed E-state index contributed by atoms with van der Waals surface area (Å²) in [5.74, 6) is 0.00511. The van der Waals surface area contributed by atoms with E-state index in [1.807, 2.05) is 13.2 Å². The lowest BCUT2D eigenvalue weighted by Gasteiger charge is -2.22. The van der Waals surface area contributed by atoms with Gasteiger partial charge in [-0.25, -0.2) is 4.98 Å². The predicted molar refractivity (Wildman–Crippen MR) is 130 cm³/mol. The minimum Gasteiger partial charge on any atom is -0.383 e. The Morgan fingerprint density at radius 3 is 2.70 bits per heavy atom. The molecule has 0 aliphatic heterocycles. The van der Waals surface area contributed by atoms with E-state index in [1.54, 1.807) is 23.1 Å². The molecule has 0 saturated heterocycles. The van der Waals surface area contributed by atoms with E-state index in [0.717, 1.165) is 43.2 Å². The van der Waals surface area contributed by atoms with Crippen molar-refractivity contribution in [2.45, 2.75) is 64.7 Å². The molecule has 1 fully saturated rings. The Hall–Kier alpha value is -3.19. The van der Waals surface area contributed by atoms with Crippen molar-refractivity contribution in [1.82, 2.24) is 20.1 Å². The summed E-state index contributed by atoms with van der Waals surface area (Å²) >= 11 is 0. The second-order valence-corrected chi connectivity index (χ2v) is 8.73. The fourth-order valence-corrected chi connectivity index (χ4v) is 4.57. The zero-order valence-electron chi connectivity index (χ0n) is 19.7. The number of carbonyl (C=O) groups excluding carboxylic acids is 1. The monoisotopic (exact) mass is 447 g/mol. The second kappa shape index (κ2) is 10.2. The maximum Gasteiger partial charge on any atom is 0.255 e. The van der Waals surface area contributed by atoms with Crippen LogP contribution < -0.4 is 11.1 Å². The molecule has 2 atom stereocenters. The van der Waals surface area contributed by atoms with Gasteiger partial charge in [-0.1, -0.05) is 32.0 Å². The molecule has 7 nitrogen and oxygen atoms in total. The Morgan fingerprint density at radius 1 is 1.15 bits per heavy atom. The van der Waals surface area contributed by atoms with Gasteiger partial charge in [0.25, 0.3) is 5.91 Å². The number of hydrogen-bond donors (Lipinski definition) is 2. The number of hydrogen-bond acceptors (Lipinski definition) is 5. The standard InChI is InChI=1S/C26H33N5O2/c1-4-18-10-9-17(11-19(18)5-2)16-33-24-8-6-7-23(24)30-26(32)22-12-20(13-28-25(22)27)21-14-29-31(3)15-21/h9-15,23-24H,4-8,16H2,1-3H3,(H2,27,28)(H,30,32)/t23-,24-/m0/s1. The quantitative estimate of drug-likeness (QED) is 0.543. The van der Waals surface area contributed by atoms with E-state index in [2.05, 4.69) is 47.4 Å². The third-order valence-corrected chi connectivity index (χ3v) is 6.47. The molecule has 7 heteroatoms. The highest BCUT2D eigenvalue weighted by atomic mass is 16.5. The Bertz CT molecular complexity index is 1120. The van der Waals surface area contributed by atoms with Gasteiger partial charge in [0, 0.05) is 30.6 Å². The molecule has 1 aliphatic rings. The summed E-state index contributed by atoms with van der Waals surface area (Å²) in [5.41, 5.74) is 12.1. The van der Waals surface area contributed by atoms with Crippen LogP contribution in [0.3, 0.4) is 0 Å². The van der Waals surface area contributed by atoms with Gasteiger partial charge in [0.1, 0.15) is 5.82 Å². The first kappa shape index (κ1) is 23.0. The highest BCUT2D eigenvalue weighted by Crippen LogP contribution is 2.26.